The van der Waals surface area contributed by atoms with Crippen LogP contribution in [-0.4, -0.2) is 25.8 Å². The number of nitrogens with one attached hydrogen (secondary N) is 1. The number of hydrogen-bond acceptors (Lipinski definition) is 5. The number of sulfonamides is 1. The summed E-state index contributed by atoms with van der Waals surface area (Å²) in [6.45, 7) is 1.32. The van der Waals surface area contributed by atoms with Gasteiger partial charge < -0.3 is 5.32 Å². The lowest BCUT2D eigenvalue weighted by atomic mass is 10.2. The number of anilines is 2. The minimum Gasteiger partial charge on any atom is -0.325 e. The first-order valence-electron chi connectivity index (χ1n) is 8.97. The standard InChI is InChI=1S/C21H19N3O5S/c1-16-8-7-9-17(14-16)22-21(25)15-23(18-10-3-2-4-11-18)30(28,29)20-13-6-5-12-19(20)24(26)27/h2-14H,15H2,1H3,(H,22,25). The van der Waals surface area contributed by atoms with Crippen LogP contribution in [0.4, 0.5) is 17.1 Å². The summed E-state index contributed by atoms with van der Waals surface area (Å²) in [4.78, 5) is 22.8. The second kappa shape index (κ2) is 8.75. The van der Waals surface area contributed by atoms with Gasteiger partial charge in [-0.1, -0.05) is 42.5 Å². The van der Waals surface area contributed by atoms with Crippen LogP contribution in [0.1, 0.15) is 5.56 Å². The van der Waals surface area contributed by atoms with Crippen LogP contribution in [0.2, 0.25) is 0 Å². The second-order valence-electron chi connectivity index (χ2n) is 6.49. The molecule has 9 heteroatoms. The number of hydrogen-bond donors (Lipinski definition) is 1. The van der Waals surface area contributed by atoms with E-state index in [9.17, 15) is 23.3 Å². The van der Waals surface area contributed by atoms with E-state index in [0.717, 1.165) is 22.0 Å². The van der Waals surface area contributed by atoms with Gasteiger partial charge in [0.05, 0.1) is 10.6 Å². The Hall–Kier alpha value is -3.72. The summed E-state index contributed by atoms with van der Waals surface area (Å²) >= 11 is 0. The van der Waals surface area contributed by atoms with Crippen LogP contribution in [0.5, 0.6) is 0 Å². The molecule has 0 fully saturated rings. The minimum absolute atomic E-state index is 0.218. The van der Waals surface area contributed by atoms with Crippen LogP contribution in [0.3, 0.4) is 0 Å². The summed E-state index contributed by atoms with van der Waals surface area (Å²) in [5.41, 5.74) is 1.11. The van der Waals surface area contributed by atoms with Gasteiger partial charge in [-0.25, -0.2) is 8.42 Å². The number of para-hydroxylation sites is 2. The van der Waals surface area contributed by atoms with E-state index >= 15 is 0 Å². The van der Waals surface area contributed by atoms with Gasteiger partial charge in [-0.2, -0.15) is 0 Å². The summed E-state index contributed by atoms with van der Waals surface area (Å²) < 4.78 is 27.5. The third-order valence-corrected chi connectivity index (χ3v) is 6.08. The van der Waals surface area contributed by atoms with Crippen molar-refractivity contribution in [2.24, 2.45) is 0 Å². The molecule has 8 nitrogen and oxygen atoms in total. The van der Waals surface area contributed by atoms with Crippen LogP contribution in [0, 0.1) is 17.0 Å². The number of carbonyl (C=O) groups excluding carboxylic acids is 1. The Balaban J connectivity index is 1.99. The highest BCUT2D eigenvalue weighted by Crippen LogP contribution is 2.29. The average molecular weight is 425 g/mol. The number of benzene rings is 3. The number of nitro benzene ring substituents is 1. The fourth-order valence-corrected chi connectivity index (χ4v) is 4.49. The van der Waals surface area contributed by atoms with Crippen molar-refractivity contribution >= 4 is 33.0 Å². The van der Waals surface area contributed by atoms with Gasteiger partial charge in [-0.3, -0.25) is 19.2 Å². The van der Waals surface area contributed by atoms with E-state index < -0.39 is 38.0 Å². The zero-order chi connectivity index (χ0) is 21.7. The monoisotopic (exact) mass is 425 g/mol. The van der Waals surface area contributed by atoms with Gasteiger partial charge in [0.1, 0.15) is 6.54 Å². The molecule has 0 aromatic heterocycles. The van der Waals surface area contributed by atoms with Crippen molar-refractivity contribution in [2.75, 3.05) is 16.2 Å². The molecule has 0 radical (unpaired) electrons. The number of aryl methyl sites for hydroxylation is 1. The molecule has 0 atom stereocenters. The molecule has 0 aliphatic carbocycles. The first kappa shape index (κ1) is 21.0. The molecule has 154 valence electrons. The predicted molar refractivity (Wildman–Crippen MR) is 114 cm³/mol. The maximum atomic E-state index is 13.3. The quantitative estimate of drug-likeness (QED) is 0.458. The van der Waals surface area contributed by atoms with Gasteiger partial charge in [-0.15, -0.1) is 0 Å². The van der Waals surface area contributed by atoms with Crippen molar-refractivity contribution < 1.29 is 18.1 Å². The molecule has 0 heterocycles. The van der Waals surface area contributed by atoms with Crippen molar-refractivity contribution in [3.05, 3.63) is 94.5 Å². The van der Waals surface area contributed by atoms with Gasteiger partial charge in [0, 0.05) is 11.8 Å². The lowest BCUT2D eigenvalue weighted by molar-refractivity contribution is -0.387. The Morgan fingerprint density at radius 2 is 1.67 bits per heavy atom. The highest BCUT2D eigenvalue weighted by Gasteiger charge is 2.33. The largest absolute Gasteiger partial charge is 0.325 e. The first-order chi connectivity index (χ1) is 14.3. The van der Waals surface area contributed by atoms with E-state index in [1.54, 1.807) is 36.4 Å². The molecule has 3 aromatic carbocycles. The predicted octanol–water partition coefficient (Wildman–Crippen LogP) is 3.74. The zero-order valence-corrected chi connectivity index (χ0v) is 16.9. The maximum absolute atomic E-state index is 13.3. The SMILES string of the molecule is Cc1cccc(NC(=O)CN(c2ccccc2)S(=O)(=O)c2ccccc2[N+](=O)[O-])c1. The summed E-state index contributed by atoms with van der Waals surface area (Å²) in [5, 5.41) is 14.0. The summed E-state index contributed by atoms with van der Waals surface area (Å²) in [6, 6.07) is 20.1. The maximum Gasteiger partial charge on any atom is 0.289 e. The number of carbonyl (C=O) groups is 1. The smallest absolute Gasteiger partial charge is 0.289 e. The molecule has 0 aliphatic rings. The molecule has 1 N–H and O–H groups in total. The summed E-state index contributed by atoms with van der Waals surface area (Å²) in [5.74, 6) is -0.577. The fraction of sp³-hybridized carbons (Fsp3) is 0.0952. The Morgan fingerprint density at radius 3 is 2.33 bits per heavy atom. The van der Waals surface area contributed by atoms with Gasteiger partial charge >= 0.3 is 0 Å². The molecule has 0 saturated heterocycles. The van der Waals surface area contributed by atoms with Gasteiger partial charge in [-0.05, 0) is 42.8 Å². The molecule has 0 spiro atoms. The lowest BCUT2D eigenvalue weighted by Gasteiger charge is -2.24. The van der Waals surface area contributed by atoms with E-state index in [2.05, 4.69) is 5.32 Å². The Labute approximate surface area is 174 Å². The van der Waals surface area contributed by atoms with Crippen molar-refractivity contribution in [2.45, 2.75) is 11.8 Å². The van der Waals surface area contributed by atoms with Crippen LogP contribution in [0.15, 0.2) is 83.8 Å². The minimum atomic E-state index is -4.39. The number of amides is 1. The van der Waals surface area contributed by atoms with Crippen LogP contribution in [0.25, 0.3) is 0 Å². The van der Waals surface area contributed by atoms with Gasteiger partial charge in [0.15, 0.2) is 4.90 Å². The van der Waals surface area contributed by atoms with Crippen molar-refractivity contribution in [3.63, 3.8) is 0 Å². The Morgan fingerprint density at radius 1 is 1.00 bits per heavy atom. The van der Waals surface area contributed by atoms with E-state index in [-0.39, 0.29) is 5.69 Å². The first-order valence-corrected chi connectivity index (χ1v) is 10.4. The Kier molecular flexibility index (Phi) is 6.12. The third kappa shape index (κ3) is 4.64. The molecule has 0 unspecified atom stereocenters. The van der Waals surface area contributed by atoms with Crippen molar-refractivity contribution in [1.82, 2.24) is 0 Å². The van der Waals surface area contributed by atoms with E-state index in [1.165, 1.54) is 24.3 Å². The summed E-state index contributed by atoms with van der Waals surface area (Å²) in [6.07, 6.45) is 0. The molecule has 3 rings (SSSR count). The molecule has 0 aliphatic heterocycles. The van der Waals surface area contributed by atoms with Crippen molar-refractivity contribution in [3.8, 4) is 0 Å². The molecule has 3 aromatic rings. The second-order valence-corrected chi connectivity index (χ2v) is 8.32. The number of rotatable bonds is 7. The van der Waals surface area contributed by atoms with Crippen LogP contribution in [-0.2, 0) is 14.8 Å². The molecular weight excluding hydrogens is 406 g/mol. The number of nitrogens with zero attached hydrogens (tertiary/aromatic N) is 2. The van der Waals surface area contributed by atoms with Crippen molar-refractivity contribution in [1.29, 1.82) is 0 Å². The summed E-state index contributed by atoms with van der Waals surface area (Å²) in [7, 11) is -4.39. The lowest BCUT2D eigenvalue weighted by Crippen LogP contribution is -2.38. The van der Waals surface area contributed by atoms with E-state index in [0.29, 0.717) is 5.69 Å². The topological polar surface area (TPSA) is 110 Å². The van der Waals surface area contributed by atoms with Crippen LogP contribution < -0.4 is 9.62 Å². The number of nitro groups is 1. The van der Waals surface area contributed by atoms with E-state index in [4.69, 9.17) is 0 Å². The fourth-order valence-electron chi connectivity index (χ4n) is 2.91. The Bertz CT molecular complexity index is 1180. The molecule has 0 saturated carbocycles. The van der Waals surface area contributed by atoms with E-state index in [1.807, 2.05) is 13.0 Å². The van der Waals surface area contributed by atoms with Gasteiger partial charge in [0.2, 0.25) is 5.91 Å². The third-order valence-electron chi connectivity index (χ3n) is 4.26. The zero-order valence-electron chi connectivity index (χ0n) is 16.1. The molecule has 0 bridgehead atoms. The highest BCUT2D eigenvalue weighted by atomic mass is 32.2. The van der Waals surface area contributed by atoms with Gasteiger partial charge in [0.25, 0.3) is 15.7 Å². The average Bonchev–Trinajstić information content (AvgIpc) is 2.72. The highest BCUT2D eigenvalue weighted by molar-refractivity contribution is 7.93. The molecular formula is C21H19N3O5S. The molecule has 30 heavy (non-hydrogen) atoms. The van der Waals surface area contributed by atoms with Crippen LogP contribution >= 0.6 is 0 Å². The molecule has 1 amide bonds. The normalized spacial score (nSPS) is 11.0.